The van der Waals surface area contributed by atoms with E-state index >= 15 is 0 Å². The second-order valence-electron chi connectivity index (χ2n) is 4.14. The lowest BCUT2D eigenvalue weighted by molar-refractivity contribution is -0.154. The van der Waals surface area contributed by atoms with Crippen molar-refractivity contribution in [2.24, 2.45) is 0 Å². The van der Waals surface area contributed by atoms with E-state index in [-0.39, 0.29) is 5.57 Å². The van der Waals surface area contributed by atoms with Gasteiger partial charge in [0.05, 0.1) is 0 Å². The Morgan fingerprint density at radius 1 is 1.38 bits per heavy atom. The molecule has 0 spiro atoms. The van der Waals surface area contributed by atoms with Gasteiger partial charge in [-0.05, 0) is 32.6 Å². The van der Waals surface area contributed by atoms with Gasteiger partial charge >= 0.3 is 11.9 Å². The van der Waals surface area contributed by atoms with Gasteiger partial charge in [-0.25, -0.2) is 9.59 Å². The Kier molecular flexibility index (Phi) is 4.47. The molecule has 1 aliphatic rings. The molecular formula is C13H18O3. The molecule has 0 saturated carbocycles. The zero-order valence-electron chi connectivity index (χ0n) is 9.97. The van der Waals surface area contributed by atoms with Crippen LogP contribution in [0.4, 0.5) is 0 Å². The predicted molar refractivity (Wildman–Crippen MR) is 61.7 cm³/mol. The Hall–Kier alpha value is -1.38. The highest BCUT2D eigenvalue weighted by molar-refractivity contribution is 6.02. The minimum atomic E-state index is -0.626. The monoisotopic (exact) mass is 222 g/mol. The van der Waals surface area contributed by atoms with Gasteiger partial charge in [0.2, 0.25) is 0 Å². The summed E-state index contributed by atoms with van der Waals surface area (Å²) in [5.41, 5.74) is 2.10. The minimum absolute atomic E-state index is 0.253. The van der Waals surface area contributed by atoms with Crippen molar-refractivity contribution in [2.45, 2.75) is 46.0 Å². The van der Waals surface area contributed by atoms with Crippen LogP contribution in [0.1, 0.15) is 46.0 Å². The molecule has 0 aromatic carbocycles. The van der Waals surface area contributed by atoms with E-state index in [0.29, 0.717) is 5.57 Å². The summed E-state index contributed by atoms with van der Waals surface area (Å²) in [4.78, 5) is 22.7. The molecule has 3 nitrogen and oxygen atoms in total. The van der Waals surface area contributed by atoms with Gasteiger partial charge in [0.15, 0.2) is 0 Å². The molecule has 88 valence electrons. The van der Waals surface area contributed by atoms with Crippen LogP contribution in [0.25, 0.3) is 0 Å². The predicted octanol–water partition coefficient (Wildman–Crippen LogP) is 2.91. The van der Waals surface area contributed by atoms with Crippen LogP contribution in [0.5, 0.6) is 0 Å². The van der Waals surface area contributed by atoms with Crippen molar-refractivity contribution in [1.82, 2.24) is 0 Å². The summed E-state index contributed by atoms with van der Waals surface area (Å²) in [5.74, 6) is -1.11. The summed E-state index contributed by atoms with van der Waals surface area (Å²) in [6.45, 7) is 7.08. The molecule has 0 heterocycles. The highest BCUT2D eigenvalue weighted by atomic mass is 16.6. The number of esters is 2. The zero-order chi connectivity index (χ0) is 12.1. The van der Waals surface area contributed by atoms with Crippen LogP contribution in [0.15, 0.2) is 23.3 Å². The number of carbonyl (C=O) groups excluding carboxylic acids is 2. The molecule has 0 N–H and O–H groups in total. The fraction of sp³-hybridized carbons (Fsp3) is 0.538. The van der Waals surface area contributed by atoms with Gasteiger partial charge in [-0.1, -0.05) is 25.5 Å². The van der Waals surface area contributed by atoms with Gasteiger partial charge < -0.3 is 4.74 Å². The van der Waals surface area contributed by atoms with Crippen molar-refractivity contribution in [1.29, 1.82) is 0 Å². The number of carbonyl (C=O) groups is 2. The summed E-state index contributed by atoms with van der Waals surface area (Å²) in [6.07, 6.45) is 4.84. The average Bonchev–Trinajstić information content (AvgIpc) is 2.16. The fourth-order valence-electron chi connectivity index (χ4n) is 1.57. The van der Waals surface area contributed by atoms with E-state index < -0.39 is 11.9 Å². The molecule has 0 saturated heterocycles. The van der Waals surface area contributed by atoms with Gasteiger partial charge in [0, 0.05) is 11.1 Å². The highest BCUT2D eigenvalue weighted by Crippen LogP contribution is 2.32. The molecule has 3 heteroatoms. The minimum Gasteiger partial charge on any atom is -0.386 e. The Labute approximate surface area is 96.2 Å². The molecule has 0 bridgehead atoms. The van der Waals surface area contributed by atoms with Gasteiger partial charge in [0.1, 0.15) is 0 Å². The molecule has 0 atom stereocenters. The van der Waals surface area contributed by atoms with E-state index in [0.717, 1.165) is 37.7 Å². The molecule has 0 unspecified atom stereocenters. The van der Waals surface area contributed by atoms with E-state index in [1.54, 1.807) is 0 Å². The van der Waals surface area contributed by atoms with Crippen molar-refractivity contribution < 1.29 is 14.3 Å². The van der Waals surface area contributed by atoms with Crippen LogP contribution in [-0.2, 0) is 14.3 Å². The van der Waals surface area contributed by atoms with Gasteiger partial charge in [-0.3, -0.25) is 0 Å². The van der Waals surface area contributed by atoms with E-state index in [1.807, 2.05) is 0 Å². The topological polar surface area (TPSA) is 43.4 Å². The summed E-state index contributed by atoms with van der Waals surface area (Å²) in [6, 6.07) is 0. The molecule has 0 aromatic rings. The van der Waals surface area contributed by atoms with Crippen molar-refractivity contribution in [3.8, 4) is 0 Å². The third-order valence-corrected chi connectivity index (χ3v) is 2.72. The van der Waals surface area contributed by atoms with Crippen molar-refractivity contribution in [2.75, 3.05) is 0 Å². The third-order valence-electron chi connectivity index (χ3n) is 2.72. The van der Waals surface area contributed by atoms with Crippen molar-refractivity contribution in [3.05, 3.63) is 23.3 Å². The molecule has 0 fully saturated rings. The average molecular weight is 222 g/mol. The Balaban J connectivity index is 2.54. The zero-order valence-corrected chi connectivity index (χ0v) is 9.97. The maximum atomic E-state index is 11.6. The lowest BCUT2D eigenvalue weighted by atomic mass is 9.85. The van der Waals surface area contributed by atoms with E-state index in [9.17, 15) is 9.59 Å². The SMILES string of the molecule is C=C(C)C(=O)OC(=O)C1=C(CCCC)CC1. The first-order valence-corrected chi connectivity index (χ1v) is 5.69. The molecule has 0 radical (unpaired) electrons. The lowest BCUT2D eigenvalue weighted by Gasteiger charge is -2.21. The number of hydrogen-bond donors (Lipinski definition) is 0. The normalized spacial score (nSPS) is 14.4. The summed E-state index contributed by atoms with van der Waals surface area (Å²) in [7, 11) is 0. The molecule has 0 aliphatic heterocycles. The van der Waals surface area contributed by atoms with Gasteiger partial charge in [-0.2, -0.15) is 0 Å². The number of rotatable bonds is 5. The van der Waals surface area contributed by atoms with E-state index in [2.05, 4.69) is 13.5 Å². The number of ether oxygens (including phenoxy) is 1. The second kappa shape index (κ2) is 5.64. The van der Waals surface area contributed by atoms with Gasteiger partial charge in [-0.15, -0.1) is 0 Å². The summed E-state index contributed by atoms with van der Waals surface area (Å²) < 4.78 is 4.69. The molecule has 1 aliphatic carbocycles. The smallest absolute Gasteiger partial charge is 0.341 e. The molecule has 1 rings (SSSR count). The molecular weight excluding hydrogens is 204 g/mol. The summed E-state index contributed by atoms with van der Waals surface area (Å²) in [5, 5.41) is 0. The fourth-order valence-corrected chi connectivity index (χ4v) is 1.57. The highest BCUT2D eigenvalue weighted by Gasteiger charge is 2.25. The second-order valence-corrected chi connectivity index (χ2v) is 4.14. The number of unbranched alkanes of at least 4 members (excludes halogenated alkanes) is 1. The molecule has 0 aromatic heterocycles. The van der Waals surface area contributed by atoms with Gasteiger partial charge in [0.25, 0.3) is 0 Å². The first kappa shape index (κ1) is 12.7. The van der Waals surface area contributed by atoms with Crippen LogP contribution < -0.4 is 0 Å². The largest absolute Gasteiger partial charge is 0.386 e. The third kappa shape index (κ3) is 3.05. The Morgan fingerprint density at radius 3 is 2.50 bits per heavy atom. The van der Waals surface area contributed by atoms with Crippen LogP contribution in [-0.4, -0.2) is 11.9 Å². The van der Waals surface area contributed by atoms with Crippen molar-refractivity contribution in [3.63, 3.8) is 0 Å². The van der Waals surface area contributed by atoms with E-state index in [1.165, 1.54) is 6.92 Å². The molecule has 0 amide bonds. The maximum Gasteiger partial charge on any atom is 0.341 e. The summed E-state index contributed by atoms with van der Waals surface area (Å²) >= 11 is 0. The van der Waals surface area contributed by atoms with E-state index in [4.69, 9.17) is 4.74 Å². The maximum absolute atomic E-state index is 11.6. The molecule has 16 heavy (non-hydrogen) atoms. The van der Waals surface area contributed by atoms with Crippen molar-refractivity contribution >= 4 is 11.9 Å². The Morgan fingerprint density at radius 2 is 2.06 bits per heavy atom. The Bertz CT molecular complexity index is 350. The van der Waals surface area contributed by atoms with Crippen LogP contribution >= 0.6 is 0 Å². The van der Waals surface area contributed by atoms with Crippen LogP contribution in [0.2, 0.25) is 0 Å². The first-order chi connectivity index (χ1) is 7.56. The quantitative estimate of drug-likeness (QED) is 0.408. The lowest BCUT2D eigenvalue weighted by Crippen LogP contribution is -2.20. The number of hydrogen-bond acceptors (Lipinski definition) is 3. The van der Waals surface area contributed by atoms with Crippen LogP contribution in [0.3, 0.4) is 0 Å². The first-order valence-electron chi connectivity index (χ1n) is 5.69. The standard InChI is InChI=1S/C13H18O3/c1-4-5-6-10-7-8-11(10)13(15)16-12(14)9(2)3/h2,4-8H2,1,3H3. The number of allylic oxidation sites excluding steroid dienone is 1. The van der Waals surface area contributed by atoms with Crippen LogP contribution in [0, 0.1) is 0 Å².